The molecule has 0 atom stereocenters. The summed E-state index contributed by atoms with van der Waals surface area (Å²) in [6.07, 6.45) is 3.11. The van der Waals surface area contributed by atoms with Gasteiger partial charge in [-0.25, -0.2) is 0 Å². The van der Waals surface area contributed by atoms with Crippen LogP contribution < -0.4 is 5.32 Å². The first-order chi connectivity index (χ1) is 9.63. The number of carbonyl (C=O) groups excluding carboxylic acids is 1. The number of nitrogens with zero attached hydrogens (tertiary/aromatic N) is 2. The van der Waals surface area contributed by atoms with Crippen molar-refractivity contribution in [3.05, 3.63) is 54.1 Å². The summed E-state index contributed by atoms with van der Waals surface area (Å²) in [5, 5.41) is 11.3. The smallest absolute Gasteiger partial charge is 0.309 e. The zero-order chi connectivity index (χ0) is 14.4. The predicted molar refractivity (Wildman–Crippen MR) is 72.1 cm³/mol. The number of carbonyl (C=O) groups is 2. The number of rotatable bonds is 5. The first kappa shape index (κ1) is 13.7. The van der Waals surface area contributed by atoms with Gasteiger partial charge >= 0.3 is 5.97 Å². The largest absolute Gasteiger partial charge is 0.481 e. The summed E-state index contributed by atoms with van der Waals surface area (Å²) in [4.78, 5) is 30.3. The maximum Gasteiger partial charge on any atom is 0.309 e. The summed E-state index contributed by atoms with van der Waals surface area (Å²) < 4.78 is 0. The molecular weight excluding hydrogens is 258 g/mol. The Morgan fingerprint density at radius 2 is 1.85 bits per heavy atom. The number of hydrogen-bond acceptors (Lipinski definition) is 4. The lowest BCUT2D eigenvalue weighted by Gasteiger charge is -2.05. The van der Waals surface area contributed by atoms with Crippen molar-refractivity contribution in [2.45, 2.75) is 12.8 Å². The van der Waals surface area contributed by atoms with Gasteiger partial charge in [-0.05, 0) is 24.3 Å². The molecule has 2 aromatic rings. The Labute approximate surface area is 115 Å². The summed E-state index contributed by atoms with van der Waals surface area (Å²) >= 11 is 0. The minimum Gasteiger partial charge on any atom is -0.481 e. The van der Waals surface area contributed by atoms with E-state index in [-0.39, 0.29) is 18.7 Å². The number of amides is 1. The van der Waals surface area contributed by atoms with Gasteiger partial charge in [-0.3, -0.25) is 19.6 Å². The first-order valence-electron chi connectivity index (χ1n) is 6.00. The fourth-order valence-electron chi connectivity index (χ4n) is 1.63. The van der Waals surface area contributed by atoms with Gasteiger partial charge in [0.25, 0.3) is 0 Å². The van der Waals surface area contributed by atoms with Crippen molar-refractivity contribution in [3.8, 4) is 0 Å². The molecule has 2 heterocycles. The van der Waals surface area contributed by atoms with Gasteiger partial charge in [0.1, 0.15) is 0 Å². The van der Waals surface area contributed by atoms with E-state index in [1.165, 1.54) is 6.20 Å². The number of carboxylic acid groups (broad SMARTS) is 1. The third kappa shape index (κ3) is 4.16. The predicted octanol–water partition coefficient (Wildman–Crippen LogP) is 1.28. The average Bonchev–Trinajstić information content (AvgIpc) is 2.41. The van der Waals surface area contributed by atoms with Crippen LogP contribution in [0.4, 0.5) is 5.69 Å². The summed E-state index contributed by atoms with van der Waals surface area (Å²) in [6, 6.07) is 8.57. The number of aliphatic carboxylic acids is 1. The fraction of sp³-hybridized carbons (Fsp3) is 0.143. The highest BCUT2D eigenvalue weighted by molar-refractivity contribution is 5.91. The van der Waals surface area contributed by atoms with E-state index in [9.17, 15) is 9.59 Å². The van der Waals surface area contributed by atoms with Crippen LogP contribution in [0.5, 0.6) is 0 Å². The van der Waals surface area contributed by atoms with Crippen molar-refractivity contribution < 1.29 is 14.7 Å². The molecule has 6 heteroatoms. The molecule has 2 rings (SSSR count). The van der Waals surface area contributed by atoms with Crippen molar-refractivity contribution in [2.24, 2.45) is 0 Å². The Balaban J connectivity index is 1.93. The van der Waals surface area contributed by atoms with Crippen molar-refractivity contribution >= 4 is 17.6 Å². The van der Waals surface area contributed by atoms with E-state index in [0.29, 0.717) is 17.1 Å². The number of pyridine rings is 2. The van der Waals surface area contributed by atoms with Crippen LogP contribution in [0, 0.1) is 0 Å². The molecule has 0 aromatic carbocycles. The number of carboxylic acids is 1. The zero-order valence-corrected chi connectivity index (χ0v) is 10.6. The van der Waals surface area contributed by atoms with Crippen molar-refractivity contribution in [3.63, 3.8) is 0 Å². The van der Waals surface area contributed by atoms with Crippen LogP contribution in [0.15, 0.2) is 42.7 Å². The fourth-order valence-corrected chi connectivity index (χ4v) is 1.63. The molecule has 0 fully saturated rings. The molecule has 6 nitrogen and oxygen atoms in total. The molecule has 0 aliphatic carbocycles. The second-order valence-corrected chi connectivity index (χ2v) is 4.15. The number of hydrogen-bond donors (Lipinski definition) is 2. The molecular formula is C14H13N3O3. The lowest BCUT2D eigenvalue weighted by molar-refractivity contribution is -0.136. The van der Waals surface area contributed by atoms with Crippen molar-refractivity contribution in [1.82, 2.24) is 9.97 Å². The van der Waals surface area contributed by atoms with E-state index < -0.39 is 5.97 Å². The topological polar surface area (TPSA) is 92.2 Å². The molecule has 0 saturated heterocycles. The van der Waals surface area contributed by atoms with Crippen LogP contribution in [0.3, 0.4) is 0 Å². The highest BCUT2D eigenvalue weighted by Gasteiger charge is 2.06. The molecule has 0 aliphatic heterocycles. The maximum atomic E-state index is 11.8. The number of nitrogens with one attached hydrogen (secondary N) is 1. The Hall–Kier alpha value is -2.76. The Morgan fingerprint density at radius 1 is 1.05 bits per heavy atom. The zero-order valence-electron chi connectivity index (χ0n) is 10.6. The lowest BCUT2D eigenvalue weighted by atomic mass is 10.2. The summed E-state index contributed by atoms with van der Waals surface area (Å²) in [6.45, 7) is 0. The minimum atomic E-state index is -0.940. The van der Waals surface area contributed by atoms with Gasteiger partial charge in [-0.15, -0.1) is 0 Å². The molecule has 2 aromatic heterocycles. The van der Waals surface area contributed by atoms with Gasteiger partial charge in [-0.1, -0.05) is 6.07 Å². The molecule has 1 amide bonds. The monoisotopic (exact) mass is 271 g/mol. The molecule has 0 unspecified atom stereocenters. The highest BCUT2D eigenvalue weighted by Crippen LogP contribution is 2.07. The van der Waals surface area contributed by atoms with Crippen LogP contribution in [-0.4, -0.2) is 27.0 Å². The first-order valence-corrected chi connectivity index (χ1v) is 6.00. The molecule has 0 bridgehead atoms. The van der Waals surface area contributed by atoms with Crippen LogP contribution in [0.2, 0.25) is 0 Å². The molecule has 20 heavy (non-hydrogen) atoms. The number of anilines is 1. The summed E-state index contributed by atoms with van der Waals surface area (Å²) in [5.41, 5.74) is 1.65. The lowest BCUT2D eigenvalue weighted by Crippen LogP contribution is -2.15. The molecule has 0 spiro atoms. The van der Waals surface area contributed by atoms with Gasteiger partial charge in [0, 0.05) is 11.9 Å². The van der Waals surface area contributed by atoms with E-state index in [0.717, 1.165) is 0 Å². The van der Waals surface area contributed by atoms with Crippen LogP contribution in [0.25, 0.3) is 0 Å². The molecule has 0 radical (unpaired) electrons. The molecule has 0 aliphatic rings. The maximum absolute atomic E-state index is 11.8. The van der Waals surface area contributed by atoms with Crippen molar-refractivity contribution in [2.75, 3.05) is 5.32 Å². The number of aromatic nitrogens is 2. The Morgan fingerprint density at radius 3 is 2.45 bits per heavy atom. The molecule has 2 N–H and O–H groups in total. The van der Waals surface area contributed by atoms with E-state index in [1.807, 2.05) is 6.07 Å². The SMILES string of the molecule is O=C(O)Cc1ccc(NC(=O)Cc2ccccn2)cn1. The third-order valence-electron chi connectivity index (χ3n) is 2.51. The van der Waals surface area contributed by atoms with Gasteiger partial charge in [-0.2, -0.15) is 0 Å². The van der Waals surface area contributed by atoms with Crippen molar-refractivity contribution in [1.29, 1.82) is 0 Å². The van der Waals surface area contributed by atoms with E-state index in [2.05, 4.69) is 15.3 Å². The highest BCUT2D eigenvalue weighted by atomic mass is 16.4. The second-order valence-electron chi connectivity index (χ2n) is 4.15. The van der Waals surface area contributed by atoms with Gasteiger partial charge in [0.05, 0.1) is 30.4 Å². The van der Waals surface area contributed by atoms with Crippen LogP contribution >= 0.6 is 0 Å². The van der Waals surface area contributed by atoms with Gasteiger partial charge in [0.15, 0.2) is 0 Å². The van der Waals surface area contributed by atoms with Gasteiger partial charge < -0.3 is 10.4 Å². The summed E-state index contributed by atoms with van der Waals surface area (Å²) in [7, 11) is 0. The normalized spacial score (nSPS) is 10.0. The van der Waals surface area contributed by atoms with E-state index >= 15 is 0 Å². The quantitative estimate of drug-likeness (QED) is 0.854. The Kier molecular flexibility index (Phi) is 4.39. The summed E-state index contributed by atoms with van der Waals surface area (Å²) in [5.74, 6) is -1.14. The third-order valence-corrected chi connectivity index (χ3v) is 2.51. The van der Waals surface area contributed by atoms with Crippen LogP contribution in [0.1, 0.15) is 11.4 Å². The molecule has 0 saturated carbocycles. The molecule has 102 valence electrons. The second kappa shape index (κ2) is 6.42. The average molecular weight is 271 g/mol. The minimum absolute atomic E-state index is 0.137. The van der Waals surface area contributed by atoms with E-state index in [1.54, 1.807) is 30.5 Å². The van der Waals surface area contributed by atoms with Gasteiger partial charge in [0.2, 0.25) is 5.91 Å². The van der Waals surface area contributed by atoms with Crippen LogP contribution in [-0.2, 0) is 22.4 Å². The standard InChI is InChI=1S/C14H13N3O3/c18-13(7-10-3-1-2-6-15-10)17-12-5-4-11(16-9-12)8-14(19)20/h1-6,9H,7-8H2,(H,17,18)(H,19,20). The Bertz CT molecular complexity index is 597. The van der Waals surface area contributed by atoms with E-state index in [4.69, 9.17) is 5.11 Å².